The number of aryl methyl sites for hydroxylation is 2. The molecule has 0 spiro atoms. The summed E-state index contributed by atoms with van der Waals surface area (Å²) in [7, 11) is -4.23. The van der Waals surface area contributed by atoms with Crippen LogP contribution in [-0.4, -0.2) is 43.8 Å². The van der Waals surface area contributed by atoms with Crippen LogP contribution in [0.15, 0.2) is 102 Å². The molecule has 46 heavy (non-hydrogen) atoms. The highest BCUT2D eigenvalue weighted by Crippen LogP contribution is 2.30. The zero-order chi connectivity index (χ0) is 33.4. The molecule has 0 aliphatic rings. The monoisotopic (exact) mass is 679 g/mol. The van der Waals surface area contributed by atoms with E-state index in [4.69, 9.17) is 23.2 Å². The second-order valence-corrected chi connectivity index (χ2v) is 14.1. The van der Waals surface area contributed by atoms with Gasteiger partial charge < -0.3 is 10.2 Å². The third kappa shape index (κ3) is 8.69. The fraction of sp³-hybridized carbons (Fsp3) is 0.278. The highest BCUT2D eigenvalue weighted by atomic mass is 35.5. The Bertz CT molecular complexity index is 1770. The fourth-order valence-corrected chi connectivity index (χ4v) is 6.96. The van der Waals surface area contributed by atoms with Gasteiger partial charge in [0.1, 0.15) is 12.6 Å². The molecule has 0 radical (unpaired) electrons. The number of nitrogens with one attached hydrogen (secondary N) is 1. The number of carbonyl (C=O) groups excluding carboxylic acids is 2. The van der Waals surface area contributed by atoms with Gasteiger partial charge in [0.15, 0.2) is 0 Å². The van der Waals surface area contributed by atoms with E-state index in [1.807, 2.05) is 51.1 Å². The van der Waals surface area contributed by atoms with Crippen molar-refractivity contribution >= 4 is 50.7 Å². The highest BCUT2D eigenvalue weighted by molar-refractivity contribution is 7.92. The quantitative estimate of drug-likeness (QED) is 0.160. The highest BCUT2D eigenvalue weighted by Gasteiger charge is 2.35. The first-order valence-electron chi connectivity index (χ1n) is 15.1. The van der Waals surface area contributed by atoms with Crippen LogP contribution in [0.5, 0.6) is 0 Å². The van der Waals surface area contributed by atoms with E-state index in [9.17, 15) is 18.0 Å². The summed E-state index contributed by atoms with van der Waals surface area (Å²) in [6.45, 7) is 6.89. The third-order valence-corrected chi connectivity index (χ3v) is 10.3. The van der Waals surface area contributed by atoms with Crippen molar-refractivity contribution in [1.29, 1.82) is 0 Å². The Morgan fingerprint density at radius 3 is 2.15 bits per heavy atom. The zero-order valence-electron chi connectivity index (χ0n) is 26.4. The minimum atomic E-state index is -4.23. The number of rotatable bonds is 13. The molecule has 4 aromatic carbocycles. The maximum Gasteiger partial charge on any atom is 0.264 e. The molecule has 0 bridgehead atoms. The number of hydrogen-bond donors (Lipinski definition) is 1. The SMILES string of the molecule is CC[C@H](C)NC(=O)[C@H](Cc1ccccc1)N(Cc1ccccc1Cl)C(=O)CN(c1ccc(Cl)cc1C)S(=O)(=O)c1ccc(C)cc1. The Labute approximate surface area is 282 Å². The summed E-state index contributed by atoms with van der Waals surface area (Å²) in [4.78, 5) is 30.0. The molecule has 7 nitrogen and oxygen atoms in total. The van der Waals surface area contributed by atoms with Crippen molar-refractivity contribution in [3.8, 4) is 0 Å². The first-order chi connectivity index (χ1) is 21.9. The van der Waals surface area contributed by atoms with Crippen LogP contribution >= 0.6 is 23.2 Å². The molecule has 242 valence electrons. The zero-order valence-corrected chi connectivity index (χ0v) is 28.7. The summed E-state index contributed by atoms with van der Waals surface area (Å²) in [5.41, 5.74) is 3.25. The fourth-order valence-electron chi connectivity index (χ4n) is 5.05. The Balaban J connectivity index is 1.84. The normalized spacial score (nSPS) is 12.7. The number of anilines is 1. The minimum absolute atomic E-state index is 0.0120. The molecule has 2 amide bonds. The predicted molar refractivity (Wildman–Crippen MR) is 186 cm³/mol. The molecule has 10 heteroatoms. The van der Waals surface area contributed by atoms with E-state index < -0.39 is 28.5 Å². The van der Waals surface area contributed by atoms with Gasteiger partial charge >= 0.3 is 0 Å². The average molecular weight is 681 g/mol. The molecular formula is C36H39Cl2N3O4S. The van der Waals surface area contributed by atoms with Gasteiger partial charge in [-0.3, -0.25) is 13.9 Å². The van der Waals surface area contributed by atoms with Gasteiger partial charge in [0.25, 0.3) is 10.0 Å². The summed E-state index contributed by atoms with van der Waals surface area (Å²) in [5, 5.41) is 3.90. The van der Waals surface area contributed by atoms with E-state index in [0.717, 1.165) is 15.4 Å². The lowest BCUT2D eigenvalue weighted by atomic mass is 10.0. The molecule has 0 aliphatic carbocycles. The van der Waals surface area contributed by atoms with Crippen molar-refractivity contribution in [3.05, 3.63) is 129 Å². The van der Waals surface area contributed by atoms with E-state index in [1.54, 1.807) is 61.5 Å². The summed E-state index contributed by atoms with van der Waals surface area (Å²) in [6.07, 6.45) is 0.907. The van der Waals surface area contributed by atoms with Gasteiger partial charge in [-0.15, -0.1) is 0 Å². The van der Waals surface area contributed by atoms with Crippen molar-refractivity contribution in [2.24, 2.45) is 0 Å². The lowest BCUT2D eigenvalue weighted by molar-refractivity contribution is -0.140. The van der Waals surface area contributed by atoms with Gasteiger partial charge in [0, 0.05) is 29.1 Å². The van der Waals surface area contributed by atoms with Gasteiger partial charge in [-0.2, -0.15) is 0 Å². The summed E-state index contributed by atoms with van der Waals surface area (Å²) in [6, 6.07) is 26.7. The molecule has 0 saturated heterocycles. The number of nitrogens with zero attached hydrogens (tertiary/aromatic N) is 2. The molecule has 0 heterocycles. The van der Waals surface area contributed by atoms with E-state index in [2.05, 4.69) is 5.32 Å². The van der Waals surface area contributed by atoms with Gasteiger partial charge in [0.2, 0.25) is 11.8 Å². The summed E-state index contributed by atoms with van der Waals surface area (Å²) >= 11 is 12.8. The topological polar surface area (TPSA) is 86.8 Å². The predicted octanol–water partition coefficient (Wildman–Crippen LogP) is 7.36. The third-order valence-electron chi connectivity index (χ3n) is 7.89. The second-order valence-electron chi connectivity index (χ2n) is 11.4. The molecule has 4 rings (SSSR count). The lowest BCUT2D eigenvalue weighted by Gasteiger charge is -2.34. The van der Waals surface area contributed by atoms with Crippen LogP contribution in [0, 0.1) is 13.8 Å². The Morgan fingerprint density at radius 2 is 1.52 bits per heavy atom. The number of carbonyl (C=O) groups is 2. The number of benzene rings is 4. The maximum atomic E-state index is 14.6. The van der Waals surface area contributed by atoms with Crippen LogP contribution in [0.3, 0.4) is 0 Å². The van der Waals surface area contributed by atoms with Crippen LogP contribution in [0.25, 0.3) is 0 Å². The Kier molecular flexibility index (Phi) is 11.9. The number of amides is 2. The molecule has 0 unspecified atom stereocenters. The smallest absolute Gasteiger partial charge is 0.264 e. The van der Waals surface area contributed by atoms with E-state index in [0.29, 0.717) is 33.3 Å². The molecular weight excluding hydrogens is 641 g/mol. The summed E-state index contributed by atoms with van der Waals surface area (Å²) in [5.74, 6) is -0.903. The first-order valence-corrected chi connectivity index (χ1v) is 17.3. The Morgan fingerprint density at radius 1 is 0.870 bits per heavy atom. The lowest BCUT2D eigenvalue weighted by Crippen LogP contribution is -2.54. The van der Waals surface area contributed by atoms with Gasteiger partial charge in [-0.25, -0.2) is 8.42 Å². The number of halogens is 2. The van der Waals surface area contributed by atoms with Gasteiger partial charge in [-0.1, -0.05) is 96.4 Å². The standard InChI is InChI=1S/C36H39Cl2N3O4S/c1-5-27(4)39-36(43)34(22-28-11-7-6-8-12-28)40(23-29-13-9-10-14-32(29)38)35(42)24-41(33-20-17-30(37)21-26(33)3)46(44,45)31-18-15-25(2)16-19-31/h6-21,27,34H,5,22-24H2,1-4H3,(H,39,43)/t27-,34-/m0/s1. The first kappa shape index (κ1) is 35.0. The minimum Gasteiger partial charge on any atom is -0.352 e. The van der Waals surface area contributed by atoms with Crippen LogP contribution in [0.1, 0.15) is 42.5 Å². The van der Waals surface area contributed by atoms with Crippen LogP contribution in [0.4, 0.5) is 5.69 Å². The molecule has 0 saturated carbocycles. The van der Waals surface area contributed by atoms with Gasteiger partial charge in [0.05, 0.1) is 10.6 Å². The van der Waals surface area contributed by atoms with Crippen molar-refractivity contribution in [1.82, 2.24) is 10.2 Å². The largest absolute Gasteiger partial charge is 0.352 e. The van der Waals surface area contributed by atoms with E-state index in [-0.39, 0.29) is 29.8 Å². The molecule has 0 aliphatic heterocycles. The van der Waals surface area contributed by atoms with Gasteiger partial charge in [-0.05, 0) is 80.3 Å². The number of hydrogen-bond acceptors (Lipinski definition) is 4. The molecule has 0 aromatic heterocycles. The maximum absolute atomic E-state index is 14.6. The second kappa shape index (κ2) is 15.6. The average Bonchev–Trinajstić information content (AvgIpc) is 3.03. The van der Waals surface area contributed by atoms with Crippen LogP contribution in [0.2, 0.25) is 10.0 Å². The molecule has 2 atom stereocenters. The van der Waals surface area contributed by atoms with E-state index >= 15 is 0 Å². The van der Waals surface area contributed by atoms with Crippen molar-refractivity contribution in [2.45, 2.75) is 64.1 Å². The number of sulfonamides is 1. The van der Waals surface area contributed by atoms with Crippen molar-refractivity contribution in [2.75, 3.05) is 10.8 Å². The molecule has 1 N–H and O–H groups in total. The van der Waals surface area contributed by atoms with Crippen molar-refractivity contribution < 1.29 is 18.0 Å². The van der Waals surface area contributed by atoms with Crippen LogP contribution in [-0.2, 0) is 32.6 Å². The van der Waals surface area contributed by atoms with Crippen LogP contribution < -0.4 is 9.62 Å². The molecule has 4 aromatic rings. The van der Waals surface area contributed by atoms with E-state index in [1.165, 1.54) is 17.0 Å². The van der Waals surface area contributed by atoms with Crippen molar-refractivity contribution in [3.63, 3.8) is 0 Å². The Hall–Kier alpha value is -3.85. The molecule has 0 fully saturated rings. The summed E-state index contributed by atoms with van der Waals surface area (Å²) < 4.78 is 29.6.